The van der Waals surface area contributed by atoms with Crippen LogP contribution in [0.2, 0.25) is 5.02 Å². The normalized spacial score (nSPS) is 16.0. The molecule has 0 spiro atoms. The zero-order chi connectivity index (χ0) is 17.1. The van der Waals surface area contributed by atoms with Crippen LogP contribution in [0.25, 0.3) is 17.0 Å². The first-order valence-corrected chi connectivity index (χ1v) is 8.23. The molecule has 2 N–H and O–H groups in total. The van der Waals surface area contributed by atoms with E-state index in [2.05, 4.69) is 4.98 Å². The second kappa shape index (κ2) is 7.01. The van der Waals surface area contributed by atoms with Gasteiger partial charge in [0, 0.05) is 35.5 Å². The summed E-state index contributed by atoms with van der Waals surface area (Å²) in [6, 6.07) is 9.33. The standard InChI is InChI=1S/C18H18ClN3O2/c19-14-3-1-12-2-4-15(21-16(12)11-14)5-6-17(23)22-9-7-13(8-10-22)18(20)24/h1-6,11,13H,7-10H2,(H2,20,24)/b6-5+. The van der Waals surface area contributed by atoms with Gasteiger partial charge in [-0.25, -0.2) is 4.98 Å². The molecule has 0 aliphatic carbocycles. The van der Waals surface area contributed by atoms with E-state index in [1.54, 1.807) is 17.0 Å². The average molecular weight is 344 g/mol. The molecule has 5 nitrogen and oxygen atoms in total. The number of carbonyl (C=O) groups excluding carboxylic acids is 2. The molecule has 0 radical (unpaired) electrons. The van der Waals surface area contributed by atoms with Crippen LogP contribution in [0, 0.1) is 5.92 Å². The van der Waals surface area contributed by atoms with E-state index in [9.17, 15) is 9.59 Å². The van der Waals surface area contributed by atoms with Crippen molar-refractivity contribution in [3.05, 3.63) is 47.1 Å². The number of fused-ring (bicyclic) bond motifs is 1. The molecular weight excluding hydrogens is 326 g/mol. The van der Waals surface area contributed by atoms with Gasteiger partial charge in [-0.1, -0.05) is 23.7 Å². The molecular formula is C18H18ClN3O2. The van der Waals surface area contributed by atoms with Crippen molar-refractivity contribution in [2.24, 2.45) is 11.7 Å². The summed E-state index contributed by atoms with van der Waals surface area (Å²) < 4.78 is 0. The van der Waals surface area contributed by atoms with Gasteiger partial charge in [-0.3, -0.25) is 9.59 Å². The average Bonchev–Trinajstić information content (AvgIpc) is 2.59. The van der Waals surface area contributed by atoms with Gasteiger partial charge in [0.25, 0.3) is 0 Å². The third-order valence-electron chi connectivity index (χ3n) is 4.28. The Kier molecular flexibility index (Phi) is 4.81. The predicted molar refractivity (Wildman–Crippen MR) is 94.3 cm³/mol. The molecule has 1 aliphatic rings. The van der Waals surface area contributed by atoms with Gasteiger partial charge in [0.2, 0.25) is 11.8 Å². The van der Waals surface area contributed by atoms with E-state index in [1.165, 1.54) is 6.08 Å². The number of primary amides is 1. The molecule has 1 aromatic heterocycles. The lowest BCUT2D eigenvalue weighted by Gasteiger charge is -2.29. The Balaban J connectivity index is 1.67. The monoisotopic (exact) mass is 343 g/mol. The van der Waals surface area contributed by atoms with Gasteiger partial charge in [0.05, 0.1) is 11.2 Å². The minimum atomic E-state index is -0.281. The highest BCUT2D eigenvalue weighted by atomic mass is 35.5. The van der Waals surface area contributed by atoms with Crippen LogP contribution < -0.4 is 5.73 Å². The maximum Gasteiger partial charge on any atom is 0.246 e. The zero-order valence-electron chi connectivity index (χ0n) is 13.1. The van der Waals surface area contributed by atoms with E-state index in [1.807, 2.05) is 24.3 Å². The van der Waals surface area contributed by atoms with Crippen LogP contribution in [0.4, 0.5) is 0 Å². The highest BCUT2D eigenvalue weighted by Gasteiger charge is 2.24. The second-order valence-electron chi connectivity index (χ2n) is 5.91. The van der Waals surface area contributed by atoms with E-state index < -0.39 is 0 Å². The fraction of sp³-hybridized carbons (Fsp3) is 0.278. The Morgan fingerprint density at radius 1 is 1.21 bits per heavy atom. The summed E-state index contributed by atoms with van der Waals surface area (Å²) in [5.74, 6) is -0.479. The lowest BCUT2D eigenvalue weighted by molar-refractivity contribution is -0.130. The van der Waals surface area contributed by atoms with E-state index >= 15 is 0 Å². The molecule has 2 heterocycles. The first-order valence-electron chi connectivity index (χ1n) is 7.85. The Bertz CT molecular complexity index is 811. The number of rotatable bonds is 3. The second-order valence-corrected chi connectivity index (χ2v) is 6.34. The van der Waals surface area contributed by atoms with E-state index in [0.29, 0.717) is 36.6 Å². The van der Waals surface area contributed by atoms with Crippen molar-refractivity contribution in [1.82, 2.24) is 9.88 Å². The number of halogens is 1. The number of amides is 2. The van der Waals surface area contributed by atoms with Crippen molar-refractivity contribution in [3.8, 4) is 0 Å². The minimum absolute atomic E-state index is 0.0779. The summed E-state index contributed by atoms with van der Waals surface area (Å²) >= 11 is 5.98. The highest BCUT2D eigenvalue weighted by molar-refractivity contribution is 6.31. The molecule has 1 aromatic carbocycles. The van der Waals surface area contributed by atoms with E-state index in [0.717, 1.165) is 10.9 Å². The maximum absolute atomic E-state index is 12.2. The van der Waals surface area contributed by atoms with Crippen molar-refractivity contribution >= 4 is 40.4 Å². The van der Waals surface area contributed by atoms with Gasteiger partial charge in [-0.05, 0) is 37.1 Å². The molecule has 2 amide bonds. The Morgan fingerprint density at radius 2 is 1.92 bits per heavy atom. The fourth-order valence-electron chi connectivity index (χ4n) is 2.85. The topological polar surface area (TPSA) is 76.3 Å². The lowest BCUT2D eigenvalue weighted by atomic mass is 9.96. The SMILES string of the molecule is NC(=O)C1CCN(C(=O)/C=C/c2ccc3ccc(Cl)cc3n2)CC1. The Morgan fingerprint density at radius 3 is 2.62 bits per heavy atom. The number of aromatic nitrogens is 1. The highest BCUT2D eigenvalue weighted by Crippen LogP contribution is 2.19. The summed E-state index contributed by atoms with van der Waals surface area (Å²) in [5.41, 5.74) is 6.80. The molecule has 6 heteroatoms. The third-order valence-corrected chi connectivity index (χ3v) is 4.52. The van der Waals surface area contributed by atoms with Crippen molar-refractivity contribution < 1.29 is 9.59 Å². The molecule has 124 valence electrons. The third kappa shape index (κ3) is 3.74. The predicted octanol–water partition coefficient (Wildman–Crippen LogP) is 2.63. The molecule has 1 fully saturated rings. The summed E-state index contributed by atoms with van der Waals surface area (Å²) in [6.45, 7) is 1.11. The summed E-state index contributed by atoms with van der Waals surface area (Å²) in [4.78, 5) is 29.6. The minimum Gasteiger partial charge on any atom is -0.369 e. The Labute approximate surface area is 145 Å². The van der Waals surface area contributed by atoms with Gasteiger partial charge in [-0.15, -0.1) is 0 Å². The quantitative estimate of drug-likeness (QED) is 0.870. The smallest absolute Gasteiger partial charge is 0.246 e. The fourth-order valence-corrected chi connectivity index (χ4v) is 3.01. The van der Waals surface area contributed by atoms with E-state index in [4.69, 9.17) is 17.3 Å². The largest absolute Gasteiger partial charge is 0.369 e. The summed E-state index contributed by atoms with van der Waals surface area (Å²) in [7, 11) is 0. The molecule has 0 saturated carbocycles. The van der Waals surface area contributed by atoms with Gasteiger partial charge >= 0.3 is 0 Å². The zero-order valence-corrected chi connectivity index (χ0v) is 13.9. The van der Waals surface area contributed by atoms with Crippen molar-refractivity contribution in [2.75, 3.05) is 13.1 Å². The first kappa shape index (κ1) is 16.5. The number of hydrogen-bond acceptors (Lipinski definition) is 3. The number of likely N-dealkylation sites (tertiary alicyclic amines) is 1. The number of nitrogens with zero attached hydrogens (tertiary/aromatic N) is 2. The van der Waals surface area contributed by atoms with Crippen LogP contribution in [0.15, 0.2) is 36.4 Å². The van der Waals surface area contributed by atoms with Crippen LogP contribution in [0.3, 0.4) is 0 Å². The Hall–Kier alpha value is -2.40. The van der Waals surface area contributed by atoms with E-state index in [-0.39, 0.29) is 17.7 Å². The number of nitrogens with two attached hydrogens (primary N) is 1. The van der Waals surface area contributed by atoms with Crippen LogP contribution in [0.1, 0.15) is 18.5 Å². The molecule has 0 bridgehead atoms. The number of benzene rings is 1. The molecule has 3 rings (SSSR count). The summed E-state index contributed by atoms with van der Waals surface area (Å²) in [6.07, 6.45) is 4.47. The van der Waals surface area contributed by atoms with Crippen LogP contribution >= 0.6 is 11.6 Å². The maximum atomic E-state index is 12.2. The molecule has 24 heavy (non-hydrogen) atoms. The number of carbonyl (C=O) groups is 2. The molecule has 0 unspecified atom stereocenters. The lowest BCUT2D eigenvalue weighted by Crippen LogP contribution is -2.41. The molecule has 1 aliphatic heterocycles. The van der Waals surface area contributed by atoms with Crippen molar-refractivity contribution in [2.45, 2.75) is 12.8 Å². The van der Waals surface area contributed by atoms with Crippen LogP contribution in [-0.4, -0.2) is 34.8 Å². The van der Waals surface area contributed by atoms with Gasteiger partial charge < -0.3 is 10.6 Å². The number of pyridine rings is 1. The van der Waals surface area contributed by atoms with Gasteiger partial charge in [0.1, 0.15) is 0 Å². The summed E-state index contributed by atoms with van der Waals surface area (Å²) in [5, 5.41) is 1.63. The van der Waals surface area contributed by atoms with Crippen LogP contribution in [-0.2, 0) is 9.59 Å². The van der Waals surface area contributed by atoms with Crippen molar-refractivity contribution in [3.63, 3.8) is 0 Å². The molecule has 1 saturated heterocycles. The molecule has 0 atom stereocenters. The number of piperidine rings is 1. The van der Waals surface area contributed by atoms with Crippen LogP contribution in [0.5, 0.6) is 0 Å². The number of hydrogen-bond donors (Lipinski definition) is 1. The van der Waals surface area contributed by atoms with Gasteiger partial charge in [-0.2, -0.15) is 0 Å². The van der Waals surface area contributed by atoms with Crippen molar-refractivity contribution in [1.29, 1.82) is 0 Å². The first-order chi connectivity index (χ1) is 11.5. The van der Waals surface area contributed by atoms with Gasteiger partial charge in [0.15, 0.2) is 0 Å². The molecule has 2 aromatic rings.